The van der Waals surface area contributed by atoms with Crippen LogP contribution in [0.15, 0.2) is 0 Å². The fourth-order valence-electron chi connectivity index (χ4n) is 3.43. The maximum atomic E-state index is 11.9. The fraction of sp³-hybridized carbons (Fsp3) is 0.957. The lowest BCUT2D eigenvalue weighted by Crippen LogP contribution is -1.97. The van der Waals surface area contributed by atoms with Crippen molar-refractivity contribution in [3.05, 3.63) is 0 Å². The zero-order chi connectivity index (χ0) is 18.4. The predicted octanol–water partition coefficient (Wildman–Crippen LogP) is 7.37. The topological polar surface area (TPSA) is 37.3 Å². The van der Waals surface area contributed by atoms with E-state index in [9.17, 15) is 4.79 Å². The summed E-state index contributed by atoms with van der Waals surface area (Å²) in [6, 6.07) is 0. The molecule has 0 atom stereocenters. The number of unbranched alkanes of at least 4 members (excludes halogenated alkanes) is 16. The molecule has 0 fully saturated rings. The molecule has 0 spiro atoms. The standard InChI is InChI=1S/C23H46O2/c1-2-3-4-5-6-8-11-14-17-20-23(25)21-18-15-12-9-7-10-13-16-19-22-24/h24H,2-22H2,1H3. The molecule has 150 valence electrons. The summed E-state index contributed by atoms with van der Waals surface area (Å²) in [6.45, 7) is 2.60. The van der Waals surface area contributed by atoms with Crippen molar-refractivity contribution < 1.29 is 9.90 Å². The van der Waals surface area contributed by atoms with Crippen LogP contribution in [-0.4, -0.2) is 17.5 Å². The van der Waals surface area contributed by atoms with Crippen molar-refractivity contribution in [2.24, 2.45) is 0 Å². The number of carbonyl (C=O) groups excluding carboxylic acids is 1. The lowest BCUT2D eigenvalue weighted by molar-refractivity contribution is -0.119. The lowest BCUT2D eigenvalue weighted by atomic mass is 10.0. The normalized spacial score (nSPS) is 11.1. The van der Waals surface area contributed by atoms with Crippen LogP contribution >= 0.6 is 0 Å². The highest BCUT2D eigenvalue weighted by Crippen LogP contribution is 2.13. The number of aliphatic hydroxyl groups is 1. The van der Waals surface area contributed by atoms with E-state index in [1.54, 1.807) is 0 Å². The van der Waals surface area contributed by atoms with Gasteiger partial charge in [0, 0.05) is 19.4 Å². The largest absolute Gasteiger partial charge is 0.396 e. The van der Waals surface area contributed by atoms with Gasteiger partial charge < -0.3 is 5.11 Å². The summed E-state index contributed by atoms with van der Waals surface area (Å²) >= 11 is 0. The third kappa shape index (κ3) is 21.6. The molecule has 0 rings (SSSR count). The molecule has 2 nitrogen and oxygen atoms in total. The molecule has 0 saturated carbocycles. The monoisotopic (exact) mass is 354 g/mol. The Morgan fingerprint density at radius 3 is 1.20 bits per heavy atom. The second kappa shape index (κ2) is 21.7. The van der Waals surface area contributed by atoms with Gasteiger partial charge >= 0.3 is 0 Å². The summed E-state index contributed by atoms with van der Waals surface area (Å²) < 4.78 is 0. The molecule has 0 aliphatic rings. The Hall–Kier alpha value is -0.370. The molecule has 0 unspecified atom stereocenters. The molecular weight excluding hydrogens is 308 g/mol. The maximum Gasteiger partial charge on any atom is 0.132 e. The molecular formula is C23H46O2. The van der Waals surface area contributed by atoms with E-state index in [4.69, 9.17) is 5.11 Å². The van der Waals surface area contributed by atoms with E-state index in [1.807, 2.05) is 0 Å². The molecule has 1 N–H and O–H groups in total. The van der Waals surface area contributed by atoms with Crippen molar-refractivity contribution in [2.75, 3.05) is 6.61 Å². The van der Waals surface area contributed by atoms with Gasteiger partial charge in [0.25, 0.3) is 0 Å². The van der Waals surface area contributed by atoms with Gasteiger partial charge in [-0.1, -0.05) is 103 Å². The minimum atomic E-state index is 0.340. The molecule has 0 bridgehead atoms. The molecule has 0 aromatic heterocycles. The summed E-state index contributed by atoms with van der Waals surface area (Å²) in [5, 5.41) is 8.71. The summed E-state index contributed by atoms with van der Waals surface area (Å²) in [7, 11) is 0. The third-order valence-corrected chi connectivity index (χ3v) is 5.17. The van der Waals surface area contributed by atoms with Gasteiger partial charge in [-0.2, -0.15) is 0 Å². The van der Waals surface area contributed by atoms with Gasteiger partial charge in [0.05, 0.1) is 0 Å². The number of aliphatic hydroxyl groups excluding tert-OH is 1. The quantitative estimate of drug-likeness (QED) is 0.218. The first-order chi connectivity index (χ1) is 12.3. The van der Waals surface area contributed by atoms with Crippen LogP contribution < -0.4 is 0 Å². The molecule has 0 aliphatic heterocycles. The first-order valence-corrected chi connectivity index (χ1v) is 11.4. The van der Waals surface area contributed by atoms with Gasteiger partial charge in [-0.25, -0.2) is 0 Å². The van der Waals surface area contributed by atoms with Crippen molar-refractivity contribution in [1.29, 1.82) is 0 Å². The molecule has 0 aromatic carbocycles. The highest BCUT2D eigenvalue weighted by molar-refractivity contribution is 5.78. The first-order valence-electron chi connectivity index (χ1n) is 11.4. The van der Waals surface area contributed by atoms with Crippen molar-refractivity contribution in [2.45, 2.75) is 135 Å². The van der Waals surface area contributed by atoms with Crippen molar-refractivity contribution >= 4 is 5.78 Å². The van der Waals surface area contributed by atoms with Gasteiger partial charge in [-0.05, 0) is 19.3 Å². The Morgan fingerprint density at radius 2 is 0.840 bits per heavy atom. The Kier molecular flexibility index (Phi) is 21.4. The fourth-order valence-corrected chi connectivity index (χ4v) is 3.43. The van der Waals surface area contributed by atoms with Crippen LogP contribution in [0.4, 0.5) is 0 Å². The molecule has 0 saturated heterocycles. The molecule has 25 heavy (non-hydrogen) atoms. The zero-order valence-electron chi connectivity index (χ0n) is 17.2. The van der Waals surface area contributed by atoms with E-state index in [1.165, 1.54) is 96.3 Å². The smallest absolute Gasteiger partial charge is 0.132 e. The van der Waals surface area contributed by atoms with E-state index in [0.29, 0.717) is 12.4 Å². The van der Waals surface area contributed by atoms with E-state index in [2.05, 4.69) is 6.92 Å². The zero-order valence-corrected chi connectivity index (χ0v) is 17.2. The summed E-state index contributed by atoms with van der Waals surface area (Å²) in [5.74, 6) is 0.493. The van der Waals surface area contributed by atoms with Crippen LogP contribution in [0.1, 0.15) is 135 Å². The number of hydrogen-bond donors (Lipinski definition) is 1. The Bertz CT molecular complexity index is 263. The van der Waals surface area contributed by atoms with Gasteiger partial charge in [0.15, 0.2) is 0 Å². The number of rotatable bonds is 21. The minimum absolute atomic E-state index is 0.340. The average molecular weight is 355 g/mol. The number of carbonyl (C=O) groups is 1. The van der Waals surface area contributed by atoms with Crippen LogP contribution in [0.25, 0.3) is 0 Å². The van der Waals surface area contributed by atoms with E-state index < -0.39 is 0 Å². The van der Waals surface area contributed by atoms with E-state index >= 15 is 0 Å². The average Bonchev–Trinajstić information content (AvgIpc) is 2.62. The number of Topliss-reactive ketones (excluding diaryl/α,β-unsaturated/α-hetero) is 1. The Labute approximate surface area is 158 Å². The summed E-state index contributed by atoms with van der Waals surface area (Å²) in [6.07, 6.45) is 24.5. The molecule has 0 amide bonds. The van der Waals surface area contributed by atoms with Gasteiger partial charge in [0.2, 0.25) is 0 Å². The Morgan fingerprint density at radius 1 is 0.520 bits per heavy atom. The molecule has 0 aliphatic carbocycles. The van der Waals surface area contributed by atoms with Crippen LogP contribution in [0.3, 0.4) is 0 Å². The van der Waals surface area contributed by atoms with Crippen molar-refractivity contribution in [1.82, 2.24) is 0 Å². The predicted molar refractivity (Wildman–Crippen MR) is 110 cm³/mol. The SMILES string of the molecule is CCCCCCCCCCCC(=O)CCCCCCCCCCCO. The lowest BCUT2D eigenvalue weighted by Gasteiger charge is -2.03. The Balaban J connectivity index is 3.13. The van der Waals surface area contributed by atoms with Crippen LogP contribution in [0.5, 0.6) is 0 Å². The van der Waals surface area contributed by atoms with E-state index in [-0.39, 0.29) is 0 Å². The second-order valence-electron chi connectivity index (χ2n) is 7.77. The van der Waals surface area contributed by atoms with Gasteiger partial charge in [-0.3, -0.25) is 4.79 Å². The van der Waals surface area contributed by atoms with Crippen molar-refractivity contribution in [3.8, 4) is 0 Å². The minimum Gasteiger partial charge on any atom is -0.396 e. The van der Waals surface area contributed by atoms with Crippen LogP contribution in [-0.2, 0) is 4.79 Å². The summed E-state index contributed by atoms with van der Waals surface area (Å²) in [5.41, 5.74) is 0. The molecule has 0 aromatic rings. The highest BCUT2D eigenvalue weighted by atomic mass is 16.2. The molecule has 0 heterocycles. The molecule has 0 radical (unpaired) electrons. The third-order valence-electron chi connectivity index (χ3n) is 5.17. The first kappa shape index (κ1) is 24.6. The van der Waals surface area contributed by atoms with Crippen LogP contribution in [0.2, 0.25) is 0 Å². The van der Waals surface area contributed by atoms with E-state index in [0.717, 1.165) is 32.1 Å². The summed E-state index contributed by atoms with van der Waals surface area (Å²) in [4.78, 5) is 11.9. The van der Waals surface area contributed by atoms with Gasteiger partial charge in [-0.15, -0.1) is 0 Å². The van der Waals surface area contributed by atoms with Gasteiger partial charge in [0.1, 0.15) is 5.78 Å². The highest BCUT2D eigenvalue weighted by Gasteiger charge is 2.02. The molecule has 2 heteroatoms. The second-order valence-corrected chi connectivity index (χ2v) is 7.77. The van der Waals surface area contributed by atoms with Crippen LogP contribution in [0, 0.1) is 0 Å². The maximum absolute atomic E-state index is 11.9. The van der Waals surface area contributed by atoms with Crippen molar-refractivity contribution in [3.63, 3.8) is 0 Å². The number of ketones is 1. The number of hydrogen-bond acceptors (Lipinski definition) is 2.